The van der Waals surface area contributed by atoms with Gasteiger partial charge in [0.1, 0.15) is 5.76 Å². The van der Waals surface area contributed by atoms with Crippen LogP contribution >= 0.6 is 0 Å². The Hall–Kier alpha value is -1.40. The first-order valence-corrected chi connectivity index (χ1v) is 9.47. The van der Waals surface area contributed by atoms with Crippen molar-refractivity contribution < 1.29 is 14.4 Å². The van der Waals surface area contributed by atoms with E-state index in [1.807, 2.05) is 11.0 Å². The van der Waals surface area contributed by atoms with Crippen LogP contribution in [0.3, 0.4) is 0 Å². The normalized spacial score (nSPS) is 26.5. The summed E-state index contributed by atoms with van der Waals surface area (Å²) in [5, 5.41) is 16.9. The van der Waals surface area contributed by atoms with Crippen LogP contribution in [0.2, 0.25) is 0 Å². The molecule has 6 nitrogen and oxygen atoms in total. The molecule has 1 aromatic heterocycles. The van der Waals surface area contributed by atoms with E-state index in [0.29, 0.717) is 24.4 Å². The number of amides is 1. The summed E-state index contributed by atoms with van der Waals surface area (Å²) in [6.07, 6.45) is 4.71. The zero-order valence-corrected chi connectivity index (χ0v) is 15.6. The van der Waals surface area contributed by atoms with Crippen molar-refractivity contribution >= 4 is 5.91 Å². The summed E-state index contributed by atoms with van der Waals surface area (Å²) in [5.74, 6) is 1.55. The molecule has 0 radical (unpaired) electrons. The van der Waals surface area contributed by atoms with Crippen molar-refractivity contribution in [1.82, 2.24) is 15.4 Å². The summed E-state index contributed by atoms with van der Waals surface area (Å²) in [7, 11) is 0. The second-order valence-electron chi connectivity index (χ2n) is 8.22. The Labute approximate surface area is 149 Å². The molecule has 3 rings (SSSR count). The van der Waals surface area contributed by atoms with Crippen LogP contribution in [0.15, 0.2) is 10.6 Å². The van der Waals surface area contributed by atoms with Crippen LogP contribution < -0.4 is 5.32 Å². The van der Waals surface area contributed by atoms with Gasteiger partial charge in [-0.25, -0.2) is 0 Å². The molecule has 2 aliphatic rings. The summed E-state index contributed by atoms with van der Waals surface area (Å²) in [6.45, 7) is 8.16. The van der Waals surface area contributed by atoms with E-state index in [-0.39, 0.29) is 17.9 Å². The summed E-state index contributed by atoms with van der Waals surface area (Å²) < 4.78 is 5.26. The second kappa shape index (κ2) is 7.46. The number of likely N-dealkylation sites (tertiary alicyclic amines) is 1. The predicted octanol–water partition coefficient (Wildman–Crippen LogP) is 1.77. The standard InChI is InChI=1S/C19H31N3O3/c1-13(24)22-7-4-15(5-8-22)20-18-11-14(19(18,2)3)10-16-12-17(6-9-23)25-21-16/h12,14-15,18,20,23H,4-11H2,1-3H3. The van der Waals surface area contributed by atoms with Crippen LogP contribution in [-0.2, 0) is 17.6 Å². The lowest BCUT2D eigenvalue weighted by atomic mass is 9.57. The number of rotatable bonds is 6. The van der Waals surface area contributed by atoms with E-state index < -0.39 is 0 Å². The van der Waals surface area contributed by atoms with Gasteiger partial charge in [0.25, 0.3) is 0 Å². The van der Waals surface area contributed by atoms with Crippen molar-refractivity contribution in [2.24, 2.45) is 11.3 Å². The van der Waals surface area contributed by atoms with Crippen molar-refractivity contribution in [2.75, 3.05) is 19.7 Å². The first-order valence-electron chi connectivity index (χ1n) is 9.47. The van der Waals surface area contributed by atoms with Crippen LogP contribution in [0.5, 0.6) is 0 Å². The maximum Gasteiger partial charge on any atom is 0.219 e. The molecule has 0 spiro atoms. The lowest BCUT2D eigenvalue weighted by Gasteiger charge is -2.54. The molecule has 1 aromatic rings. The highest BCUT2D eigenvalue weighted by Crippen LogP contribution is 2.48. The number of aliphatic hydroxyl groups is 1. The number of carbonyl (C=O) groups is 1. The van der Waals surface area contributed by atoms with Gasteiger partial charge in [-0.05, 0) is 37.0 Å². The van der Waals surface area contributed by atoms with Gasteiger partial charge in [-0.15, -0.1) is 0 Å². The average molecular weight is 349 g/mol. The fourth-order valence-corrected chi connectivity index (χ4v) is 4.22. The minimum Gasteiger partial charge on any atom is -0.396 e. The lowest BCUT2D eigenvalue weighted by molar-refractivity contribution is -0.130. The number of aliphatic hydroxyl groups excluding tert-OH is 1. The van der Waals surface area contributed by atoms with E-state index in [4.69, 9.17) is 9.63 Å². The molecule has 2 atom stereocenters. The third kappa shape index (κ3) is 4.06. The number of carbonyl (C=O) groups excluding carboxylic acids is 1. The molecular weight excluding hydrogens is 318 g/mol. The quantitative estimate of drug-likeness (QED) is 0.818. The van der Waals surface area contributed by atoms with Gasteiger partial charge in [0, 0.05) is 44.6 Å². The van der Waals surface area contributed by atoms with Crippen molar-refractivity contribution in [3.8, 4) is 0 Å². The van der Waals surface area contributed by atoms with Crippen LogP contribution in [0.1, 0.15) is 51.5 Å². The van der Waals surface area contributed by atoms with Crippen molar-refractivity contribution in [1.29, 1.82) is 0 Å². The number of aromatic nitrogens is 1. The van der Waals surface area contributed by atoms with E-state index >= 15 is 0 Å². The fraction of sp³-hybridized carbons (Fsp3) is 0.789. The molecule has 1 saturated heterocycles. The number of nitrogens with zero attached hydrogens (tertiary/aromatic N) is 2. The Balaban J connectivity index is 1.47. The number of hydrogen-bond acceptors (Lipinski definition) is 5. The second-order valence-corrected chi connectivity index (χ2v) is 8.22. The Bertz CT molecular complexity index is 590. The minimum atomic E-state index is 0.0952. The third-order valence-electron chi connectivity index (χ3n) is 6.27. The van der Waals surface area contributed by atoms with Gasteiger partial charge in [-0.3, -0.25) is 4.79 Å². The molecule has 2 N–H and O–H groups in total. The molecule has 1 aliphatic carbocycles. The number of hydrogen-bond donors (Lipinski definition) is 2. The largest absolute Gasteiger partial charge is 0.396 e. The van der Waals surface area contributed by atoms with E-state index in [1.165, 1.54) is 0 Å². The van der Waals surface area contributed by atoms with E-state index in [0.717, 1.165) is 50.2 Å². The highest BCUT2D eigenvalue weighted by Gasteiger charge is 2.48. The third-order valence-corrected chi connectivity index (χ3v) is 6.27. The molecule has 140 valence electrons. The van der Waals surface area contributed by atoms with Crippen LogP contribution in [0.25, 0.3) is 0 Å². The molecule has 0 aromatic carbocycles. The fourth-order valence-electron chi connectivity index (χ4n) is 4.22. The molecule has 2 unspecified atom stereocenters. The van der Waals surface area contributed by atoms with Crippen molar-refractivity contribution in [2.45, 2.75) is 65.0 Å². The van der Waals surface area contributed by atoms with Gasteiger partial charge in [-0.1, -0.05) is 19.0 Å². The van der Waals surface area contributed by atoms with Gasteiger partial charge in [0.15, 0.2) is 0 Å². The van der Waals surface area contributed by atoms with Crippen LogP contribution in [0, 0.1) is 11.3 Å². The number of piperidine rings is 1. The van der Waals surface area contributed by atoms with Gasteiger partial charge in [-0.2, -0.15) is 0 Å². The first kappa shape index (κ1) is 18.4. The molecule has 2 heterocycles. The van der Waals surface area contributed by atoms with Gasteiger partial charge in [0.05, 0.1) is 12.3 Å². The monoisotopic (exact) mass is 349 g/mol. The minimum absolute atomic E-state index is 0.0952. The summed E-state index contributed by atoms with van der Waals surface area (Å²) in [6, 6.07) is 3.02. The molecule has 0 bridgehead atoms. The highest BCUT2D eigenvalue weighted by molar-refractivity contribution is 5.73. The highest BCUT2D eigenvalue weighted by atomic mass is 16.5. The van der Waals surface area contributed by atoms with Gasteiger partial charge >= 0.3 is 0 Å². The molecule has 6 heteroatoms. The maximum atomic E-state index is 11.4. The molecule has 1 aliphatic heterocycles. The maximum absolute atomic E-state index is 11.4. The first-order chi connectivity index (χ1) is 11.9. The Morgan fingerprint density at radius 3 is 2.76 bits per heavy atom. The van der Waals surface area contributed by atoms with E-state index in [2.05, 4.69) is 24.3 Å². The topological polar surface area (TPSA) is 78.6 Å². The Morgan fingerprint density at radius 2 is 2.16 bits per heavy atom. The Kier molecular flexibility index (Phi) is 5.49. The molecular formula is C19H31N3O3. The van der Waals surface area contributed by atoms with Crippen LogP contribution in [-0.4, -0.2) is 52.9 Å². The zero-order valence-electron chi connectivity index (χ0n) is 15.6. The van der Waals surface area contributed by atoms with Gasteiger partial charge in [0.2, 0.25) is 5.91 Å². The Morgan fingerprint density at radius 1 is 1.44 bits per heavy atom. The van der Waals surface area contributed by atoms with Crippen LogP contribution in [0.4, 0.5) is 0 Å². The molecule has 25 heavy (non-hydrogen) atoms. The molecule has 2 fully saturated rings. The van der Waals surface area contributed by atoms with Crippen molar-refractivity contribution in [3.63, 3.8) is 0 Å². The zero-order chi connectivity index (χ0) is 18.0. The predicted molar refractivity (Wildman–Crippen MR) is 95.1 cm³/mol. The summed E-state index contributed by atoms with van der Waals surface area (Å²) >= 11 is 0. The summed E-state index contributed by atoms with van der Waals surface area (Å²) in [4.78, 5) is 13.4. The SMILES string of the molecule is CC(=O)N1CCC(NC2CC(Cc3cc(CCO)on3)C2(C)C)CC1. The number of nitrogens with one attached hydrogen (secondary N) is 1. The van der Waals surface area contributed by atoms with Crippen molar-refractivity contribution in [3.05, 3.63) is 17.5 Å². The molecule has 1 saturated carbocycles. The van der Waals surface area contributed by atoms with E-state index in [9.17, 15) is 4.79 Å². The summed E-state index contributed by atoms with van der Waals surface area (Å²) in [5.41, 5.74) is 1.23. The average Bonchev–Trinajstić information content (AvgIpc) is 3.02. The lowest BCUT2D eigenvalue weighted by Crippen LogP contribution is -2.61. The smallest absolute Gasteiger partial charge is 0.219 e. The molecule has 1 amide bonds. The van der Waals surface area contributed by atoms with E-state index in [1.54, 1.807) is 6.92 Å². The van der Waals surface area contributed by atoms with Gasteiger partial charge < -0.3 is 19.8 Å².